The Bertz CT molecular complexity index is 600. The topological polar surface area (TPSA) is 84.3 Å². The first-order chi connectivity index (χ1) is 8.56. The lowest BCUT2D eigenvalue weighted by atomic mass is 10.2. The van der Waals surface area contributed by atoms with E-state index in [9.17, 15) is 14.7 Å². The molecule has 1 aliphatic heterocycles. The van der Waals surface area contributed by atoms with Crippen molar-refractivity contribution in [1.29, 1.82) is 0 Å². The highest BCUT2D eigenvalue weighted by molar-refractivity contribution is 5.26. The minimum Gasteiger partial charge on any atom is -0.390 e. The maximum atomic E-state index is 11.6. The van der Waals surface area contributed by atoms with E-state index in [4.69, 9.17) is 12.5 Å². The van der Waals surface area contributed by atoms with Crippen LogP contribution in [0.5, 0.6) is 0 Å². The predicted molar refractivity (Wildman–Crippen MR) is 59.5 cm³/mol. The lowest BCUT2D eigenvalue weighted by molar-refractivity contribution is -0.0101. The second-order valence-electron chi connectivity index (χ2n) is 3.79. The fourth-order valence-electron chi connectivity index (χ4n) is 1.69. The molecule has 2 N–H and O–H groups in total. The Balaban J connectivity index is 2.39. The minimum atomic E-state index is -0.805. The summed E-state index contributed by atoms with van der Waals surface area (Å²) in [5.41, 5.74) is -1.27. The Labute approximate surface area is 98.3 Å². The van der Waals surface area contributed by atoms with Crippen molar-refractivity contribution in [3.63, 3.8) is 0 Å². The smallest absolute Gasteiger partial charge is 0.330 e. The van der Waals surface area contributed by atoms with Crippen LogP contribution in [0.25, 0.3) is 0 Å². The Morgan fingerprint density at radius 3 is 3.12 bits per heavy atom. The van der Waals surface area contributed by atoms with Crippen molar-refractivity contribution in [3.05, 3.63) is 32.6 Å². The van der Waals surface area contributed by atoms with Crippen molar-refractivity contribution in [2.24, 2.45) is 0 Å². The molecule has 0 aliphatic carbocycles. The number of nitrogens with zero attached hydrogens (tertiary/aromatic N) is 1. The van der Waals surface area contributed by atoms with E-state index in [-0.39, 0.29) is 18.9 Å². The molecule has 2 rings (SSSR count). The summed E-state index contributed by atoms with van der Waals surface area (Å²) < 4.78 is 13.7. The predicted octanol–water partition coefficient (Wildman–Crippen LogP) is -0.814. The molecule has 0 saturated carbocycles. The van der Waals surface area contributed by atoms with Crippen LogP contribution >= 0.6 is 0 Å². The van der Waals surface area contributed by atoms with Crippen molar-refractivity contribution in [2.75, 3.05) is 0 Å². The molecule has 0 amide bonds. The summed E-state index contributed by atoms with van der Waals surface area (Å²) in [4.78, 5) is 25.0. The average molecular weight is 237 g/mol. The largest absolute Gasteiger partial charge is 0.390 e. The van der Waals surface area contributed by atoms with Gasteiger partial charge in [0.15, 0.2) is 0 Å². The Kier molecular flexibility index (Phi) is 2.55. The molecule has 0 bridgehead atoms. The summed E-state index contributed by atoms with van der Waals surface area (Å²) in [6.45, 7) is -0.0994. The molecule has 6 nitrogen and oxygen atoms in total. The van der Waals surface area contributed by atoms with Crippen molar-refractivity contribution in [3.8, 4) is 12.3 Å². The van der Waals surface area contributed by atoms with Gasteiger partial charge >= 0.3 is 5.69 Å². The lowest BCUT2D eigenvalue weighted by Gasteiger charge is -2.13. The molecule has 2 heterocycles. The third-order valence-electron chi connectivity index (χ3n) is 2.64. The van der Waals surface area contributed by atoms with Crippen molar-refractivity contribution < 1.29 is 11.2 Å². The summed E-state index contributed by atoms with van der Waals surface area (Å²) in [5, 5.41) is 9.62. The van der Waals surface area contributed by atoms with Crippen molar-refractivity contribution in [1.82, 2.24) is 9.55 Å². The van der Waals surface area contributed by atoms with E-state index in [1.54, 1.807) is 0 Å². The van der Waals surface area contributed by atoms with Crippen LogP contribution in [0.4, 0.5) is 0 Å². The van der Waals surface area contributed by atoms with Gasteiger partial charge in [0.05, 0.1) is 12.2 Å². The van der Waals surface area contributed by atoms with Crippen LogP contribution in [0.1, 0.15) is 26.5 Å². The SMILES string of the molecule is [2H]C[C@H]1O[C@@H](n2cc(C#C)c(=O)[nH]c2=O)CC1O. The number of aliphatic hydroxyl groups is 1. The molecule has 3 atom stereocenters. The number of ether oxygens (including phenoxy) is 1. The molecule has 1 unspecified atom stereocenters. The summed E-state index contributed by atoms with van der Waals surface area (Å²) in [6.07, 6.45) is 4.39. The Hall–Kier alpha value is -1.84. The van der Waals surface area contributed by atoms with E-state index in [0.717, 1.165) is 4.57 Å². The number of nitrogens with one attached hydrogen (secondary N) is 1. The van der Waals surface area contributed by atoms with Gasteiger partial charge in [-0.1, -0.05) is 5.92 Å². The second-order valence-corrected chi connectivity index (χ2v) is 3.79. The zero-order valence-electron chi connectivity index (χ0n) is 9.92. The van der Waals surface area contributed by atoms with Gasteiger partial charge in [0.2, 0.25) is 0 Å². The molecule has 0 aromatic carbocycles. The standard InChI is InChI=1S/C11H12N2O4/c1-3-7-5-13(11(16)12-10(7)15)9-4-8(14)6(2)17-9/h1,5-6,8-9,14H,4H2,2H3,(H,12,15,16)/t6-,8?,9-/m1/s1/i2D. The first-order valence-electron chi connectivity index (χ1n) is 5.72. The van der Waals surface area contributed by atoms with Crippen LogP contribution in [0.2, 0.25) is 0 Å². The van der Waals surface area contributed by atoms with Gasteiger partial charge in [-0.2, -0.15) is 0 Å². The van der Waals surface area contributed by atoms with Gasteiger partial charge in [-0.3, -0.25) is 14.3 Å². The minimum absolute atomic E-state index is 0.0158. The molecule has 1 aromatic rings. The normalized spacial score (nSPS) is 28.7. The second kappa shape index (κ2) is 4.20. The molecule has 17 heavy (non-hydrogen) atoms. The van der Waals surface area contributed by atoms with Gasteiger partial charge in [0.1, 0.15) is 11.8 Å². The van der Waals surface area contributed by atoms with Crippen LogP contribution in [0.15, 0.2) is 15.8 Å². The zero-order chi connectivity index (χ0) is 13.3. The van der Waals surface area contributed by atoms with Crippen molar-refractivity contribution in [2.45, 2.75) is 31.8 Å². The van der Waals surface area contributed by atoms with Crippen LogP contribution in [0, 0.1) is 12.3 Å². The fourth-order valence-corrected chi connectivity index (χ4v) is 1.69. The number of hydrogen-bond acceptors (Lipinski definition) is 4. The zero-order valence-corrected chi connectivity index (χ0v) is 8.92. The number of terminal acetylenes is 1. The number of aromatic amines is 1. The Morgan fingerprint density at radius 2 is 2.53 bits per heavy atom. The number of rotatable bonds is 1. The van der Waals surface area contributed by atoms with E-state index in [1.165, 1.54) is 6.20 Å². The molecule has 1 saturated heterocycles. The molecular formula is C11H12N2O4. The maximum Gasteiger partial charge on any atom is 0.330 e. The van der Waals surface area contributed by atoms with E-state index < -0.39 is 29.7 Å². The molecular weight excluding hydrogens is 224 g/mol. The molecule has 0 spiro atoms. The molecule has 1 aliphatic rings. The molecule has 6 heteroatoms. The summed E-state index contributed by atoms with van der Waals surface area (Å²) in [7, 11) is 0. The van der Waals surface area contributed by atoms with Gasteiger partial charge in [0, 0.05) is 14.0 Å². The molecule has 1 fully saturated rings. The number of aliphatic hydroxyl groups excluding tert-OH is 1. The van der Waals surface area contributed by atoms with Gasteiger partial charge in [0.25, 0.3) is 5.56 Å². The van der Waals surface area contributed by atoms with Gasteiger partial charge in [-0.25, -0.2) is 4.79 Å². The molecule has 0 radical (unpaired) electrons. The van der Waals surface area contributed by atoms with Crippen LogP contribution in [-0.4, -0.2) is 26.9 Å². The lowest BCUT2D eigenvalue weighted by Crippen LogP contribution is -2.33. The molecule has 1 aromatic heterocycles. The van der Waals surface area contributed by atoms with E-state index >= 15 is 0 Å². The third kappa shape index (κ3) is 2.02. The first-order valence-corrected chi connectivity index (χ1v) is 5.01. The summed E-state index contributed by atoms with van der Waals surface area (Å²) in [6, 6.07) is 0. The van der Waals surface area contributed by atoms with Gasteiger partial charge in [-0.05, 0) is 6.90 Å². The fraction of sp³-hybridized carbons (Fsp3) is 0.455. The number of aromatic nitrogens is 2. The number of H-pyrrole nitrogens is 1. The van der Waals surface area contributed by atoms with Crippen LogP contribution in [0.3, 0.4) is 0 Å². The highest BCUT2D eigenvalue weighted by atomic mass is 16.5. The van der Waals surface area contributed by atoms with E-state index in [0.29, 0.717) is 0 Å². The van der Waals surface area contributed by atoms with Crippen LogP contribution < -0.4 is 11.2 Å². The molecule has 90 valence electrons. The van der Waals surface area contributed by atoms with E-state index in [1.807, 2.05) is 0 Å². The number of hydrogen-bond donors (Lipinski definition) is 2. The highest BCUT2D eigenvalue weighted by Crippen LogP contribution is 2.26. The monoisotopic (exact) mass is 237 g/mol. The van der Waals surface area contributed by atoms with Crippen LogP contribution in [-0.2, 0) is 4.74 Å². The summed E-state index contributed by atoms with van der Waals surface area (Å²) in [5.74, 6) is 2.16. The first kappa shape index (κ1) is 10.3. The summed E-state index contributed by atoms with van der Waals surface area (Å²) >= 11 is 0. The average Bonchev–Trinajstić information content (AvgIpc) is 2.70. The Morgan fingerprint density at radius 1 is 1.76 bits per heavy atom. The van der Waals surface area contributed by atoms with E-state index in [2.05, 4.69) is 10.9 Å². The highest BCUT2D eigenvalue weighted by Gasteiger charge is 2.32. The quantitative estimate of drug-likeness (QED) is 0.625. The van der Waals surface area contributed by atoms with Gasteiger partial charge in [-0.15, -0.1) is 6.42 Å². The third-order valence-corrected chi connectivity index (χ3v) is 2.64. The van der Waals surface area contributed by atoms with Gasteiger partial charge < -0.3 is 9.84 Å². The maximum absolute atomic E-state index is 11.6. The van der Waals surface area contributed by atoms with Crippen molar-refractivity contribution >= 4 is 0 Å².